The van der Waals surface area contributed by atoms with Crippen LogP contribution in [0.25, 0.3) is 0 Å². The molecule has 0 radical (unpaired) electrons. The zero-order chi connectivity index (χ0) is 14.6. The van der Waals surface area contributed by atoms with Gasteiger partial charge in [-0.15, -0.1) is 24.0 Å². The van der Waals surface area contributed by atoms with Crippen LogP contribution in [0.3, 0.4) is 0 Å². The molecule has 1 heterocycles. The van der Waals surface area contributed by atoms with E-state index in [4.69, 9.17) is 0 Å². The molecule has 2 nitrogen and oxygen atoms in total. The van der Waals surface area contributed by atoms with E-state index in [9.17, 15) is 4.79 Å². The normalized spacial score (nSPS) is 11.3. The number of amides is 1. The minimum absolute atomic E-state index is 0.0290. The zero-order valence-corrected chi connectivity index (χ0v) is 13.4. The summed E-state index contributed by atoms with van der Waals surface area (Å²) in [5.41, 5.74) is 0.980. The minimum Gasteiger partial charge on any atom is -0.355 e. The molecule has 0 spiro atoms. The van der Waals surface area contributed by atoms with Crippen LogP contribution in [0.4, 0.5) is 0 Å². The second-order valence-corrected chi connectivity index (χ2v) is 6.95. The van der Waals surface area contributed by atoms with Gasteiger partial charge in [0.15, 0.2) is 0 Å². The number of hydrogen-bond acceptors (Lipinski definition) is 3. The highest BCUT2D eigenvalue weighted by Crippen LogP contribution is 2.26. The lowest BCUT2D eigenvalue weighted by Gasteiger charge is -2.23. The number of benzene rings is 1. The second kappa shape index (κ2) is 6.46. The molecule has 1 aromatic heterocycles. The Morgan fingerprint density at radius 1 is 1.25 bits per heavy atom. The third kappa shape index (κ3) is 4.12. The first-order chi connectivity index (χ1) is 9.47. The summed E-state index contributed by atoms with van der Waals surface area (Å²) in [6.07, 6.45) is 0.411. The average molecular weight is 305 g/mol. The van der Waals surface area contributed by atoms with Crippen molar-refractivity contribution in [3.63, 3.8) is 0 Å². The topological polar surface area (TPSA) is 29.1 Å². The summed E-state index contributed by atoms with van der Waals surface area (Å²) in [4.78, 5) is 14.2. The van der Waals surface area contributed by atoms with Gasteiger partial charge in [-0.3, -0.25) is 4.79 Å². The van der Waals surface area contributed by atoms with Crippen LogP contribution in [0.1, 0.15) is 24.3 Å². The highest BCUT2D eigenvalue weighted by atomic mass is 32.1. The fraction of sp³-hybridized carbons (Fsp3) is 0.312. The van der Waals surface area contributed by atoms with Crippen LogP contribution in [0.15, 0.2) is 46.7 Å². The molecule has 1 aromatic carbocycles. The lowest BCUT2D eigenvalue weighted by molar-refractivity contribution is -0.120. The number of carbonyl (C=O) groups excluding carboxylic acids is 1. The van der Waals surface area contributed by atoms with Gasteiger partial charge in [0.25, 0.3) is 0 Å². The van der Waals surface area contributed by atoms with Gasteiger partial charge < -0.3 is 5.32 Å². The summed E-state index contributed by atoms with van der Waals surface area (Å²) < 4.78 is 0. The van der Waals surface area contributed by atoms with Gasteiger partial charge in [0, 0.05) is 21.7 Å². The Labute approximate surface area is 129 Å². The van der Waals surface area contributed by atoms with Gasteiger partial charge in [-0.2, -0.15) is 0 Å². The van der Waals surface area contributed by atoms with Crippen molar-refractivity contribution in [2.75, 3.05) is 6.54 Å². The van der Waals surface area contributed by atoms with E-state index < -0.39 is 0 Å². The molecule has 0 aliphatic heterocycles. The Morgan fingerprint density at radius 3 is 2.55 bits per heavy atom. The van der Waals surface area contributed by atoms with E-state index in [0.717, 1.165) is 10.5 Å². The van der Waals surface area contributed by atoms with E-state index in [1.54, 1.807) is 11.3 Å². The van der Waals surface area contributed by atoms with Crippen LogP contribution in [0, 0.1) is 0 Å². The van der Waals surface area contributed by atoms with Gasteiger partial charge in [-0.25, -0.2) is 0 Å². The van der Waals surface area contributed by atoms with Crippen LogP contribution in [-0.4, -0.2) is 12.5 Å². The van der Waals surface area contributed by atoms with E-state index in [1.807, 2.05) is 30.3 Å². The number of hydrogen-bond donors (Lipinski definition) is 2. The molecule has 0 bridgehead atoms. The highest BCUT2D eigenvalue weighted by Gasteiger charge is 2.22. The largest absolute Gasteiger partial charge is 0.355 e. The lowest BCUT2D eigenvalue weighted by Crippen LogP contribution is -2.36. The Balaban J connectivity index is 1.88. The van der Waals surface area contributed by atoms with Crippen LogP contribution in [0.5, 0.6) is 0 Å². The molecular weight excluding hydrogens is 286 g/mol. The van der Waals surface area contributed by atoms with Gasteiger partial charge in [0.05, 0.1) is 6.42 Å². The maximum Gasteiger partial charge on any atom is 0.224 e. The van der Waals surface area contributed by atoms with Gasteiger partial charge in [0.2, 0.25) is 5.91 Å². The molecule has 0 aliphatic rings. The molecule has 0 fully saturated rings. The van der Waals surface area contributed by atoms with E-state index in [0.29, 0.717) is 13.0 Å². The third-order valence-corrected chi connectivity index (χ3v) is 4.75. The monoisotopic (exact) mass is 305 g/mol. The van der Waals surface area contributed by atoms with E-state index in [1.165, 1.54) is 4.88 Å². The Morgan fingerprint density at radius 2 is 1.95 bits per heavy atom. The summed E-state index contributed by atoms with van der Waals surface area (Å²) in [5.74, 6) is 0.0570. The van der Waals surface area contributed by atoms with E-state index in [2.05, 4.69) is 43.2 Å². The predicted octanol–water partition coefficient (Wildman–Crippen LogP) is 3.67. The Bertz CT molecular complexity index is 559. The molecule has 1 amide bonds. The number of rotatable bonds is 5. The number of carbonyl (C=O) groups is 1. The van der Waals surface area contributed by atoms with Crippen LogP contribution < -0.4 is 5.32 Å². The predicted molar refractivity (Wildman–Crippen MR) is 87.8 cm³/mol. The summed E-state index contributed by atoms with van der Waals surface area (Å²) in [6.45, 7) is 4.95. The zero-order valence-electron chi connectivity index (χ0n) is 11.7. The summed E-state index contributed by atoms with van der Waals surface area (Å²) in [6, 6.07) is 11.8. The van der Waals surface area contributed by atoms with Gasteiger partial charge in [0.1, 0.15) is 0 Å². The quantitative estimate of drug-likeness (QED) is 0.811. The highest BCUT2D eigenvalue weighted by molar-refractivity contribution is 7.80. The van der Waals surface area contributed by atoms with Crippen molar-refractivity contribution in [2.24, 2.45) is 0 Å². The smallest absolute Gasteiger partial charge is 0.224 e. The van der Waals surface area contributed by atoms with Crippen molar-refractivity contribution in [3.05, 3.63) is 52.2 Å². The first-order valence-corrected chi connectivity index (χ1v) is 7.89. The minimum atomic E-state index is -0.0290. The standard InChI is InChI=1S/C16H19NOS2/c1-16(2,14-4-3-9-20-14)11-17-15(18)10-12-5-7-13(19)8-6-12/h3-9,19H,10-11H2,1-2H3,(H,17,18). The van der Waals surface area contributed by atoms with E-state index >= 15 is 0 Å². The van der Waals surface area contributed by atoms with Crippen molar-refractivity contribution in [1.29, 1.82) is 0 Å². The second-order valence-electron chi connectivity index (χ2n) is 5.48. The van der Waals surface area contributed by atoms with Crippen LogP contribution >= 0.6 is 24.0 Å². The first kappa shape index (κ1) is 15.1. The van der Waals surface area contributed by atoms with Crippen molar-refractivity contribution >= 4 is 29.9 Å². The molecule has 106 valence electrons. The molecule has 2 aromatic rings. The molecule has 0 aliphatic carbocycles. The SMILES string of the molecule is CC(C)(CNC(=O)Cc1ccc(S)cc1)c1cccs1. The average Bonchev–Trinajstić information content (AvgIpc) is 2.94. The molecule has 2 rings (SSSR count). The summed E-state index contributed by atoms with van der Waals surface area (Å²) in [5, 5.41) is 5.09. The fourth-order valence-electron chi connectivity index (χ4n) is 1.93. The van der Waals surface area contributed by atoms with Crippen molar-refractivity contribution < 1.29 is 4.79 Å². The van der Waals surface area contributed by atoms with Crippen molar-refractivity contribution in [1.82, 2.24) is 5.32 Å². The molecule has 0 atom stereocenters. The van der Waals surface area contributed by atoms with Gasteiger partial charge in [-0.1, -0.05) is 32.0 Å². The summed E-state index contributed by atoms with van der Waals surface area (Å²) in [7, 11) is 0. The Hall–Kier alpha value is -1.26. The summed E-state index contributed by atoms with van der Waals surface area (Å²) >= 11 is 5.96. The molecule has 0 saturated carbocycles. The number of thiophene rings is 1. The van der Waals surface area contributed by atoms with Crippen molar-refractivity contribution in [3.8, 4) is 0 Å². The maximum atomic E-state index is 12.0. The fourth-order valence-corrected chi connectivity index (χ4v) is 2.93. The number of thiol groups is 1. The number of nitrogens with one attached hydrogen (secondary N) is 1. The molecule has 0 unspecified atom stereocenters. The first-order valence-electron chi connectivity index (χ1n) is 6.56. The lowest BCUT2D eigenvalue weighted by atomic mass is 9.91. The van der Waals surface area contributed by atoms with E-state index in [-0.39, 0.29) is 11.3 Å². The molecular formula is C16H19NOS2. The molecule has 0 saturated heterocycles. The maximum absolute atomic E-state index is 12.0. The third-order valence-electron chi connectivity index (χ3n) is 3.22. The van der Waals surface area contributed by atoms with Crippen LogP contribution in [0.2, 0.25) is 0 Å². The van der Waals surface area contributed by atoms with Gasteiger partial charge >= 0.3 is 0 Å². The molecule has 1 N–H and O–H groups in total. The molecule has 20 heavy (non-hydrogen) atoms. The Kier molecular flexibility index (Phi) is 4.89. The molecule has 4 heteroatoms. The van der Waals surface area contributed by atoms with Crippen LogP contribution in [-0.2, 0) is 16.6 Å². The van der Waals surface area contributed by atoms with Gasteiger partial charge in [-0.05, 0) is 29.1 Å². The van der Waals surface area contributed by atoms with Crippen molar-refractivity contribution in [2.45, 2.75) is 30.6 Å².